The van der Waals surface area contributed by atoms with Gasteiger partial charge in [0.1, 0.15) is 11.4 Å². The summed E-state index contributed by atoms with van der Waals surface area (Å²) in [6.07, 6.45) is 4.50. The number of amides is 2. The van der Waals surface area contributed by atoms with Gasteiger partial charge in [0.05, 0.1) is 31.6 Å². The fourth-order valence-electron chi connectivity index (χ4n) is 4.95. The third-order valence-electron chi connectivity index (χ3n) is 6.63. The molecule has 7 nitrogen and oxygen atoms in total. The maximum atomic E-state index is 13.3. The van der Waals surface area contributed by atoms with Crippen molar-refractivity contribution in [3.63, 3.8) is 0 Å². The van der Waals surface area contributed by atoms with Gasteiger partial charge in [0.2, 0.25) is 11.8 Å². The van der Waals surface area contributed by atoms with Gasteiger partial charge in [0.15, 0.2) is 0 Å². The van der Waals surface area contributed by atoms with Crippen LogP contribution in [0.2, 0.25) is 0 Å². The van der Waals surface area contributed by atoms with Gasteiger partial charge in [-0.25, -0.2) is 0 Å². The largest absolute Gasteiger partial charge is 0.497 e. The number of carbonyl (C=O) groups excluding carboxylic acids is 2. The minimum Gasteiger partial charge on any atom is -0.497 e. The van der Waals surface area contributed by atoms with Gasteiger partial charge in [0.25, 0.3) is 0 Å². The highest BCUT2D eigenvalue weighted by molar-refractivity contribution is 6.03. The van der Waals surface area contributed by atoms with Crippen LogP contribution in [0.4, 0.5) is 5.69 Å². The summed E-state index contributed by atoms with van der Waals surface area (Å²) in [7, 11) is 1.61. The smallest absolute Gasteiger partial charge is 0.234 e. The highest BCUT2D eigenvalue weighted by Crippen LogP contribution is 2.52. The molecule has 1 aromatic carbocycles. The van der Waals surface area contributed by atoms with E-state index in [2.05, 4.69) is 24.1 Å². The van der Waals surface area contributed by atoms with Gasteiger partial charge in [-0.2, -0.15) is 0 Å². The number of nitrogens with zero attached hydrogens (tertiary/aromatic N) is 2. The number of methoxy groups -OCH3 is 1. The van der Waals surface area contributed by atoms with Crippen molar-refractivity contribution in [2.75, 3.05) is 44.7 Å². The molecule has 4 rings (SSSR count). The molecule has 1 aromatic rings. The lowest BCUT2D eigenvalue weighted by atomic mass is 9.77. The van der Waals surface area contributed by atoms with E-state index in [1.807, 2.05) is 36.4 Å². The quantitative estimate of drug-likeness (QED) is 0.494. The van der Waals surface area contributed by atoms with Gasteiger partial charge < -0.3 is 24.6 Å². The first kappa shape index (κ1) is 20.9. The Bertz CT molecular complexity index is 820. The molecule has 2 saturated heterocycles. The molecule has 1 spiro atoms. The molecule has 3 aliphatic rings. The molecule has 2 bridgehead atoms. The summed E-state index contributed by atoms with van der Waals surface area (Å²) in [6, 6.07) is 7.41. The van der Waals surface area contributed by atoms with E-state index in [0.717, 1.165) is 37.5 Å². The molecule has 2 amide bonds. The highest BCUT2D eigenvalue weighted by atomic mass is 16.5. The summed E-state index contributed by atoms with van der Waals surface area (Å²) in [4.78, 5) is 30.4. The zero-order chi connectivity index (χ0) is 21.3. The Hall–Kier alpha value is -2.38. The topological polar surface area (TPSA) is 71.1 Å². The normalized spacial score (nSPS) is 29.0. The lowest BCUT2D eigenvalue weighted by Crippen LogP contribution is -2.44. The summed E-state index contributed by atoms with van der Waals surface area (Å²) in [5.74, 6) is -0.338. The van der Waals surface area contributed by atoms with Crippen molar-refractivity contribution in [1.82, 2.24) is 10.2 Å². The van der Waals surface area contributed by atoms with Crippen molar-refractivity contribution in [2.45, 2.75) is 32.0 Å². The average Bonchev–Trinajstić information content (AvgIpc) is 3.42. The van der Waals surface area contributed by atoms with Crippen LogP contribution in [0.3, 0.4) is 0 Å². The van der Waals surface area contributed by atoms with Crippen LogP contribution in [0.15, 0.2) is 36.4 Å². The second kappa shape index (κ2) is 8.40. The molecule has 3 unspecified atom stereocenters. The van der Waals surface area contributed by atoms with Crippen molar-refractivity contribution < 1.29 is 19.1 Å². The van der Waals surface area contributed by atoms with Crippen molar-refractivity contribution in [3.05, 3.63) is 36.4 Å². The number of hydrogen-bond donors (Lipinski definition) is 1. The second-order valence-electron chi connectivity index (χ2n) is 8.19. The SMILES string of the molecule is CCN(CC)CCCNC(=O)C1C2C=C[C@]3(CN(c4ccc(OC)cc4)C(=O)C13)O2. The third-order valence-corrected chi connectivity index (χ3v) is 6.63. The monoisotopic (exact) mass is 413 g/mol. The summed E-state index contributed by atoms with van der Waals surface area (Å²) in [6.45, 7) is 8.29. The number of ether oxygens (including phenoxy) is 2. The Morgan fingerprint density at radius 3 is 2.70 bits per heavy atom. The number of fused-ring (bicyclic) bond motifs is 1. The van der Waals surface area contributed by atoms with E-state index in [1.54, 1.807) is 12.0 Å². The maximum absolute atomic E-state index is 13.3. The second-order valence-corrected chi connectivity index (χ2v) is 8.19. The van der Waals surface area contributed by atoms with Crippen LogP contribution < -0.4 is 15.0 Å². The summed E-state index contributed by atoms with van der Waals surface area (Å²) >= 11 is 0. The Balaban J connectivity index is 1.43. The van der Waals surface area contributed by atoms with Crippen molar-refractivity contribution >= 4 is 17.5 Å². The number of nitrogens with one attached hydrogen (secondary N) is 1. The molecule has 2 fully saturated rings. The Kier molecular flexibility index (Phi) is 5.84. The van der Waals surface area contributed by atoms with Gasteiger partial charge in [-0.05, 0) is 50.3 Å². The first-order valence-corrected chi connectivity index (χ1v) is 10.9. The fourth-order valence-corrected chi connectivity index (χ4v) is 4.95. The molecular formula is C23H31N3O4. The molecule has 0 aliphatic carbocycles. The van der Waals surface area contributed by atoms with E-state index in [4.69, 9.17) is 9.47 Å². The number of benzene rings is 1. The van der Waals surface area contributed by atoms with Crippen LogP contribution in [-0.4, -0.2) is 68.3 Å². The summed E-state index contributed by atoms with van der Waals surface area (Å²) in [5.41, 5.74) is 0.0914. The summed E-state index contributed by atoms with van der Waals surface area (Å²) in [5, 5.41) is 3.05. The molecule has 0 radical (unpaired) electrons. The molecule has 4 atom stereocenters. The Labute approximate surface area is 178 Å². The number of hydrogen-bond acceptors (Lipinski definition) is 5. The molecular weight excluding hydrogens is 382 g/mol. The zero-order valence-corrected chi connectivity index (χ0v) is 18.0. The maximum Gasteiger partial charge on any atom is 0.234 e. The predicted molar refractivity (Wildman–Crippen MR) is 114 cm³/mol. The number of carbonyl (C=O) groups is 2. The van der Waals surface area contributed by atoms with Crippen molar-refractivity contribution in [2.24, 2.45) is 11.8 Å². The highest BCUT2D eigenvalue weighted by Gasteiger charge is 2.67. The van der Waals surface area contributed by atoms with E-state index >= 15 is 0 Å². The van der Waals surface area contributed by atoms with Gasteiger partial charge in [0, 0.05) is 12.2 Å². The minimum atomic E-state index is -0.703. The lowest BCUT2D eigenvalue weighted by molar-refractivity contribution is -0.131. The number of rotatable bonds is 9. The van der Waals surface area contributed by atoms with Crippen LogP contribution in [0.5, 0.6) is 5.75 Å². The predicted octanol–water partition coefficient (Wildman–Crippen LogP) is 1.83. The fraction of sp³-hybridized carbons (Fsp3) is 0.565. The number of anilines is 1. The van der Waals surface area contributed by atoms with Crippen LogP contribution in [0.25, 0.3) is 0 Å². The minimum absolute atomic E-state index is 0.0460. The zero-order valence-electron chi connectivity index (χ0n) is 18.0. The average molecular weight is 414 g/mol. The van der Waals surface area contributed by atoms with Crippen LogP contribution in [-0.2, 0) is 14.3 Å². The van der Waals surface area contributed by atoms with Gasteiger partial charge in [-0.3, -0.25) is 9.59 Å². The molecule has 7 heteroatoms. The molecule has 3 aliphatic heterocycles. The van der Waals surface area contributed by atoms with Gasteiger partial charge in [-0.15, -0.1) is 0 Å². The Morgan fingerprint density at radius 2 is 2.03 bits per heavy atom. The van der Waals surface area contributed by atoms with E-state index < -0.39 is 17.4 Å². The van der Waals surface area contributed by atoms with Gasteiger partial charge >= 0.3 is 0 Å². The molecule has 3 heterocycles. The van der Waals surface area contributed by atoms with E-state index in [0.29, 0.717) is 13.1 Å². The van der Waals surface area contributed by atoms with E-state index in [-0.39, 0.29) is 17.9 Å². The summed E-state index contributed by atoms with van der Waals surface area (Å²) < 4.78 is 11.4. The first-order valence-electron chi connectivity index (χ1n) is 10.9. The molecule has 30 heavy (non-hydrogen) atoms. The van der Waals surface area contributed by atoms with E-state index in [1.165, 1.54) is 0 Å². The molecule has 1 N–H and O–H groups in total. The van der Waals surface area contributed by atoms with Gasteiger partial charge in [-0.1, -0.05) is 26.0 Å². The van der Waals surface area contributed by atoms with E-state index in [9.17, 15) is 9.59 Å². The lowest BCUT2D eigenvalue weighted by Gasteiger charge is -2.24. The van der Waals surface area contributed by atoms with Crippen molar-refractivity contribution in [1.29, 1.82) is 0 Å². The first-order chi connectivity index (χ1) is 14.5. The standard InChI is InChI=1S/C23H31N3O4/c1-4-25(5-2)14-6-13-24-21(27)19-18-11-12-23(30-18)15-26(22(28)20(19)23)16-7-9-17(29-3)10-8-16/h7-12,18-20H,4-6,13-15H2,1-3H3,(H,24,27)/t18?,19?,20?,23-/m1/s1. The van der Waals surface area contributed by atoms with Crippen LogP contribution in [0.1, 0.15) is 20.3 Å². The van der Waals surface area contributed by atoms with Crippen LogP contribution in [0, 0.1) is 11.8 Å². The van der Waals surface area contributed by atoms with Crippen LogP contribution >= 0.6 is 0 Å². The third kappa shape index (κ3) is 3.50. The molecule has 0 aromatic heterocycles. The Morgan fingerprint density at radius 1 is 1.30 bits per heavy atom. The van der Waals surface area contributed by atoms with Crippen molar-refractivity contribution in [3.8, 4) is 5.75 Å². The molecule has 162 valence electrons. The molecule has 0 saturated carbocycles.